The summed E-state index contributed by atoms with van der Waals surface area (Å²) in [7, 11) is 0. The van der Waals surface area contributed by atoms with Crippen molar-refractivity contribution in [2.24, 2.45) is 0 Å². The standard InChI is InChI=1S/C5H5ClN2OS.ClH/c6-1-4(9)3-2-10-5(7)8-3;/h2H,1H2,(H2,7,8);1H. The van der Waals surface area contributed by atoms with Crippen LogP contribution in [0.5, 0.6) is 0 Å². The van der Waals surface area contributed by atoms with E-state index in [0.717, 1.165) is 0 Å². The topological polar surface area (TPSA) is 56.0 Å². The molecule has 0 fully saturated rings. The van der Waals surface area contributed by atoms with Gasteiger partial charge in [-0.3, -0.25) is 4.79 Å². The molecule has 1 rings (SSSR count). The van der Waals surface area contributed by atoms with Gasteiger partial charge >= 0.3 is 0 Å². The monoisotopic (exact) mass is 212 g/mol. The summed E-state index contributed by atoms with van der Waals surface area (Å²) in [5.74, 6) is -0.224. The van der Waals surface area contributed by atoms with Crippen LogP contribution in [0.25, 0.3) is 0 Å². The van der Waals surface area contributed by atoms with Crippen molar-refractivity contribution in [3.63, 3.8) is 0 Å². The normalized spacial score (nSPS) is 8.82. The highest BCUT2D eigenvalue weighted by Gasteiger charge is 2.06. The number of hydrogen-bond acceptors (Lipinski definition) is 4. The molecule has 0 aliphatic rings. The summed E-state index contributed by atoms with van der Waals surface area (Å²) in [4.78, 5) is 14.5. The molecule has 62 valence electrons. The number of carbonyl (C=O) groups excluding carboxylic acids is 1. The van der Waals surface area contributed by atoms with Crippen LogP contribution in [0, 0.1) is 0 Å². The van der Waals surface area contributed by atoms with Gasteiger partial charge in [-0.2, -0.15) is 0 Å². The highest BCUT2D eigenvalue weighted by atomic mass is 35.5. The quantitative estimate of drug-likeness (QED) is 0.599. The average molecular weight is 213 g/mol. The Morgan fingerprint density at radius 2 is 2.45 bits per heavy atom. The van der Waals surface area contributed by atoms with E-state index in [4.69, 9.17) is 17.3 Å². The van der Waals surface area contributed by atoms with Crippen molar-refractivity contribution in [1.82, 2.24) is 4.98 Å². The van der Waals surface area contributed by atoms with Crippen LogP contribution in [0.15, 0.2) is 5.38 Å². The molecule has 11 heavy (non-hydrogen) atoms. The van der Waals surface area contributed by atoms with Crippen LogP contribution in [0.4, 0.5) is 5.13 Å². The van der Waals surface area contributed by atoms with Gasteiger partial charge in [0.05, 0.1) is 5.88 Å². The number of aromatic nitrogens is 1. The van der Waals surface area contributed by atoms with E-state index in [1.54, 1.807) is 5.38 Å². The molecular weight excluding hydrogens is 207 g/mol. The minimum Gasteiger partial charge on any atom is -0.375 e. The van der Waals surface area contributed by atoms with E-state index in [1.807, 2.05) is 0 Å². The number of Topliss-reactive ketones (excluding diaryl/α,β-unsaturated/α-hetero) is 1. The molecule has 6 heteroatoms. The first kappa shape index (κ1) is 10.7. The van der Waals surface area contributed by atoms with E-state index in [0.29, 0.717) is 10.8 Å². The minimum atomic E-state index is -0.186. The Morgan fingerprint density at radius 3 is 2.82 bits per heavy atom. The molecular formula is C5H6Cl2N2OS. The fraction of sp³-hybridized carbons (Fsp3) is 0.200. The van der Waals surface area contributed by atoms with E-state index in [1.165, 1.54) is 11.3 Å². The van der Waals surface area contributed by atoms with Crippen LogP contribution in [0.2, 0.25) is 0 Å². The van der Waals surface area contributed by atoms with Crippen LogP contribution < -0.4 is 5.73 Å². The first-order valence-corrected chi connectivity index (χ1v) is 3.95. The fourth-order valence-electron chi connectivity index (χ4n) is 0.484. The van der Waals surface area contributed by atoms with E-state index in [2.05, 4.69) is 4.98 Å². The lowest BCUT2D eigenvalue weighted by atomic mass is 10.4. The number of ketones is 1. The van der Waals surface area contributed by atoms with Gasteiger partial charge in [0.1, 0.15) is 5.69 Å². The SMILES string of the molecule is Cl.Nc1nc(C(=O)CCl)cs1. The molecule has 0 atom stereocenters. The van der Waals surface area contributed by atoms with Crippen molar-refractivity contribution in [2.75, 3.05) is 11.6 Å². The molecule has 0 aromatic carbocycles. The van der Waals surface area contributed by atoms with Gasteiger partial charge in [-0.1, -0.05) is 0 Å². The van der Waals surface area contributed by atoms with Crippen LogP contribution >= 0.6 is 35.3 Å². The van der Waals surface area contributed by atoms with E-state index >= 15 is 0 Å². The number of alkyl halides is 1. The Hall–Kier alpha value is -0.320. The smallest absolute Gasteiger partial charge is 0.196 e. The van der Waals surface area contributed by atoms with Crippen molar-refractivity contribution in [2.45, 2.75) is 0 Å². The molecule has 0 bridgehead atoms. The zero-order valence-electron chi connectivity index (χ0n) is 5.41. The van der Waals surface area contributed by atoms with Crippen LogP contribution in [0.1, 0.15) is 10.5 Å². The molecule has 3 nitrogen and oxygen atoms in total. The van der Waals surface area contributed by atoms with Gasteiger partial charge in [0.2, 0.25) is 0 Å². The van der Waals surface area contributed by atoms with E-state index in [9.17, 15) is 4.79 Å². The predicted octanol–water partition coefficient (Wildman–Crippen LogP) is 1.57. The number of carbonyl (C=O) groups is 1. The summed E-state index contributed by atoms with van der Waals surface area (Å²) in [6, 6.07) is 0. The van der Waals surface area contributed by atoms with Crippen molar-refractivity contribution < 1.29 is 4.79 Å². The number of anilines is 1. The second-order valence-electron chi connectivity index (χ2n) is 1.63. The first-order chi connectivity index (χ1) is 4.74. The van der Waals surface area contributed by atoms with Gasteiger partial charge in [0, 0.05) is 5.38 Å². The fourth-order valence-corrected chi connectivity index (χ4v) is 1.19. The zero-order chi connectivity index (χ0) is 7.56. The Morgan fingerprint density at radius 1 is 1.82 bits per heavy atom. The van der Waals surface area contributed by atoms with E-state index in [-0.39, 0.29) is 24.1 Å². The lowest BCUT2D eigenvalue weighted by molar-refractivity contribution is 0.101. The molecule has 1 heterocycles. The third-order valence-corrected chi connectivity index (χ3v) is 1.85. The highest BCUT2D eigenvalue weighted by Crippen LogP contribution is 2.11. The van der Waals surface area contributed by atoms with Gasteiger partial charge in [0.25, 0.3) is 0 Å². The number of nitrogens with zero attached hydrogens (tertiary/aromatic N) is 1. The maximum absolute atomic E-state index is 10.8. The Bertz CT molecular complexity index is 250. The molecule has 0 amide bonds. The van der Waals surface area contributed by atoms with Crippen molar-refractivity contribution in [1.29, 1.82) is 0 Å². The minimum absolute atomic E-state index is 0. The second kappa shape index (κ2) is 4.54. The molecule has 0 aliphatic carbocycles. The maximum Gasteiger partial charge on any atom is 0.196 e. The number of thiazole rings is 1. The van der Waals surface area contributed by atoms with E-state index < -0.39 is 0 Å². The summed E-state index contributed by atoms with van der Waals surface area (Å²) >= 11 is 6.51. The summed E-state index contributed by atoms with van der Waals surface area (Å²) < 4.78 is 0. The number of nitrogen functional groups attached to an aromatic ring is 1. The van der Waals surface area contributed by atoms with Gasteiger partial charge in [-0.25, -0.2) is 4.98 Å². The molecule has 2 N–H and O–H groups in total. The maximum atomic E-state index is 10.8. The summed E-state index contributed by atoms with van der Waals surface area (Å²) in [5.41, 5.74) is 5.64. The van der Waals surface area contributed by atoms with Crippen LogP contribution in [0.3, 0.4) is 0 Å². The molecule has 0 radical (unpaired) electrons. The summed E-state index contributed by atoms with van der Waals surface area (Å²) in [6.45, 7) is 0. The highest BCUT2D eigenvalue weighted by molar-refractivity contribution is 7.13. The summed E-state index contributed by atoms with van der Waals surface area (Å²) in [5, 5.41) is 1.99. The van der Waals surface area contributed by atoms with Gasteiger partial charge < -0.3 is 5.73 Å². The predicted molar refractivity (Wildman–Crippen MR) is 48.8 cm³/mol. The van der Waals surface area contributed by atoms with Gasteiger partial charge in [-0.05, 0) is 0 Å². The van der Waals surface area contributed by atoms with Gasteiger partial charge in [0.15, 0.2) is 10.9 Å². The lowest BCUT2D eigenvalue weighted by Crippen LogP contribution is -2.00. The van der Waals surface area contributed by atoms with Crippen molar-refractivity contribution >= 4 is 46.3 Å². The molecule has 0 aliphatic heterocycles. The largest absolute Gasteiger partial charge is 0.375 e. The molecule has 1 aromatic heterocycles. The number of rotatable bonds is 2. The number of hydrogen-bond donors (Lipinski definition) is 1. The first-order valence-electron chi connectivity index (χ1n) is 2.54. The Balaban J connectivity index is 0.000001000. The number of nitrogens with two attached hydrogens (primary N) is 1. The lowest BCUT2D eigenvalue weighted by Gasteiger charge is -1.84. The Labute approximate surface area is 79.0 Å². The third kappa shape index (κ3) is 2.65. The van der Waals surface area contributed by atoms with Crippen molar-refractivity contribution in [3.05, 3.63) is 11.1 Å². The third-order valence-electron chi connectivity index (χ3n) is 0.929. The molecule has 0 saturated carbocycles. The molecule has 0 spiro atoms. The van der Waals surface area contributed by atoms with Crippen molar-refractivity contribution in [3.8, 4) is 0 Å². The summed E-state index contributed by atoms with van der Waals surface area (Å²) in [6.07, 6.45) is 0. The number of halogens is 2. The molecule has 0 saturated heterocycles. The molecule has 0 unspecified atom stereocenters. The average Bonchev–Trinajstić information content (AvgIpc) is 2.34. The van der Waals surface area contributed by atoms with Gasteiger partial charge in [-0.15, -0.1) is 35.3 Å². The Kier molecular flexibility index (Phi) is 4.40. The molecule has 1 aromatic rings. The second-order valence-corrected chi connectivity index (χ2v) is 2.78. The van der Waals surface area contributed by atoms with Crippen LogP contribution in [-0.2, 0) is 0 Å². The zero-order valence-corrected chi connectivity index (χ0v) is 7.80. The van der Waals surface area contributed by atoms with Crippen LogP contribution in [-0.4, -0.2) is 16.6 Å².